The summed E-state index contributed by atoms with van der Waals surface area (Å²) in [5.74, 6) is 2.63. The first-order valence-electron chi connectivity index (χ1n) is 9.13. The van der Waals surface area contributed by atoms with Crippen molar-refractivity contribution in [2.75, 3.05) is 31.1 Å². The van der Waals surface area contributed by atoms with Gasteiger partial charge in [0.25, 0.3) is 0 Å². The van der Waals surface area contributed by atoms with Gasteiger partial charge < -0.3 is 9.80 Å². The molecule has 0 spiro atoms. The number of anilines is 1. The number of rotatable bonds is 3. The van der Waals surface area contributed by atoms with Crippen LogP contribution >= 0.6 is 15.9 Å². The lowest BCUT2D eigenvalue weighted by molar-refractivity contribution is -0.133. The van der Waals surface area contributed by atoms with Crippen molar-refractivity contribution < 1.29 is 4.79 Å². The van der Waals surface area contributed by atoms with Crippen molar-refractivity contribution in [2.45, 2.75) is 26.2 Å². The monoisotopic (exact) mass is 414 g/mol. The van der Waals surface area contributed by atoms with E-state index in [-0.39, 0.29) is 5.92 Å². The summed E-state index contributed by atoms with van der Waals surface area (Å²) in [5, 5.41) is 0. The molecule has 1 saturated heterocycles. The third-order valence-corrected chi connectivity index (χ3v) is 5.80. The minimum Gasteiger partial charge on any atom is -0.353 e. The molecular weight excluding hydrogens is 392 g/mol. The van der Waals surface area contributed by atoms with E-state index in [1.165, 1.54) is 5.56 Å². The number of hydrogen-bond acceptors (Lipinski definition) is 4. The van der Waals surface area contributed by atoms with Gasteiger partial charge in [0.2, 0.25) is 5.91 Å². The number of carbonyl (C=O) groups excluding carboxylic acids is 1. The van der Waals surface area contributed by atoms with Gasteiger partial charge in [0.15, 0.2) is 0 Å². The number of aryl methyl sites for hydroxylation is 2. The average molecular weight is 415 g/mol. The van der Waals surface area contributed by atoms with Crippen molar-refractivity contribution in [1.29, 1.82) is 0 Å². The topological polar surface area (TPSA) is 49.3 Å². The first-order valence-corrected chi connectivity index (χ1v) is 9.92. The molecular formula is C20H23BrN4O. The third kappa shape index (κ3) is 3.61. The summed E-state index contributed by atoms with van der Waals surface area (Å²) in [7, 11) is 0. The van der Waals surface area contributed by atoms with Gasteiger partial charge in [0.05, 0.1) is 0 Å². The van der Waals surface area contributed by atoms with Crippen molar-refractivity contribution in [3.63, 3.8) is 0 Å². The van der Waals surface area contributed by atoms with Gasteiger partial charge in [-0.1, -0.05) is 28.1 Å². The van der Waals surface area contributed by atoms with Crippen LogP contribution in [0, 0.1) is 19.8 Å². The fourth-order valence-electron chi connectivity index (χ4n) is 3.80. The molecule has 2 heterocycles. The van der Waals surface area contributed by atoms with Crippen molar-refractivity contribution in [2.24, 2.45) is 5.92 Å². The van der Waals surface area contributed by atoms with E-state index in [4.69, 9.17) is 0 Å². The molecule has 1 aromatic carbocycles. The lowest BCUT2D eigenvalue weighted by Crippen LogP contribution is -2.49. The number of piperazine rings is 1. The molecule has 1 saturated carbocycles. The van der Waals surface area contributed by atoms with Crippen LogP contribution in [-0.2, 0) is 4.79 Å². The van der Waals surface area contributed by atoms with Crippen LogP contribution in [-0.4, -0.2) is 47.0 Å². The zero-order valence-corrected chi connectivity index (χ0v) is 16.7. The summed E-state index contributed by atoms with van der Waals surface area (Å²) in [6, 6.07) is 10.4. The fraction of sp³-hybridized carbons (Fsp3) is 0.450. The average Bonchev–Trinajstić information content (AvgIpc) is 3.42. The molecule has 2 fully saturated rings. The van der Waals surface area contributed by atoms with Crippen LogP contribution in [0.15, 0.2) is 34.8 Å². The van der Waals surface area contributed by atoms with Gasteiger partial charge in [0.1, 0.15) is 11.6 Å². The second-order valence-corrected chi connectivity index (χ2v) is 8.14. The van der Waals surface area contributed by atoms with Crippen molar-refractivity contribution >= 4 is 27.7 Å². The van der Waals surface area contributed by atoms with Crippen LogP contribution < -0.4 is 4.90 Å². The maximum atomic E-state index is 12.8. The highest BCUT2D eigenvalue weighted by atomic mass is 79.9. The Bertz CT molecular complexity index is 795. The highest BCUT2D eigenvalue weighted by molar-refractivity contribution is 9.10. The molecule has 1 aromatic heterocycles. The van der Waals surface area contributed by atoms with Gasteiger partial charge in [0, 0.05) is 48.3 Å². The third-order valence-electron chi connectivity index (χ3n) is 5.27. The van der Waals surface area contributed by atoms with E-state index in [0.717, 1.165) is 54.4 Å². The Morgan fingerprint density at radius 3 is 2.42 bits per heavy atom. The molecule has 1 aliphatic heterocycles. The molecule has 0 radical (unpaired) electrons. The van der Waals surface area contributed by atoms with Crippen molar-refractivity contribution in [1.82, 2.24) is 14.9 Å². The van der Waals surface area contributed by atoms with Gasteiger partial charge in [-0.2, -0.15) is 0 Å². The minimum absolute atomic E-state index is 0.159. The zero-order chi connectivity index (χ0) is 18.3. The van der Waals surface area contributed by atoms with E-state index in [1.54, 1.807) is 0 Å². The van der Waals surface area contributed by atoms with Crippen LogP contribution in [0.3, 0.4) is 0 Å². The van der Waals surface area contributed by atoms with Crippen LogP contribution in [0.2, 0.25) is 0 Å². The minimum atomic E-state index is 0.159. The van der Waals surface area contributed by atoms with E-state index in [2.05, 4.69) is 55.1 Å². The maximum absolute atomic E-state index is 12.8. The van der Waals surface area contributed by atoms with Gasteiger partial charge >= 0.3 is 0 Å². The Hall–Kier alpha value is -1.95. The second kappa shape index (κ2) is 6.99. The number of hydrogen-bond donors (Lipinski definition) is 0. The molecule has 1 aliphatic carbocycles. The molecule has 136 valence electrons. The SMILES string of the molecule is Cc1cc(N2CCN(C(=O)C3CC3c3ccc(Br)cc3)CC2)nc(C)n1. The van der Waals surface area contributed by atoms with E-state index in [0.29, 0.717) is 11.8 Å². The van der Waals surface area contributed by atoms with Crippen LogP contribution in [0.5, 0.6) is 0 Å². The Balaban J connectivity index is 1.35. The van der Waals surface area contributed by atoms with Gasteiger partial charge in [-0.05, 0) is 43.9 Å². The molecule has 26 heavy (non-hydrogen) atoms. The zero-order valence-electron chi connectivity index (χ0n) is 15.2. The normalized spacial score (nSPS) is 22.4. The number of amides is 1. The number of halogens is 1. The fourth-order valence-corrected chi connectivity index (χ4v) is 4.06. The van der Waals surface area contributed by atoms with Gasteiger partial charge in [-0.15, -0.1) is 0 Å². The Labute approximate surface area is 162 Å². The van der Waals surface area contributed by atoms with Crippen LogP contribution in [0.4, 0.5) is 5.82 Å². The largest absolute Gasteiger partial charge is 0.353 e. The van der Waals surface area contributed by atoms with Crippen LogP contribution in [0.25, 0.3) is 0 Å². The number of carbonyl (C=O) groups is 1. The Morgan fingerprint density at radius 2 is 1.77 bits per heavy atom. The molecule has 2 atom stereocenters. The number of benzene rings is 1. The molecule has 6 heteroatoms. The maximum Gasteiger partial charge on any atom is 0.226 e. The summed E-state index contributed by atoms with van der Waals surface area (Å²) >= 11 is 3.47. The van der Waals surface area contributed by atoms with E-state index < -0.39 is 0 Å². The molecule has 2 unspecified atom stereocenters. The highest BCUT2D eigenvalue weighted by Crippen LogP contribution is 2.48. The number of aromatic nitrogens is 2. The molecule has 0 bridgehead atoms. The molecule has 0 N–H and O–H groups in total. The first kappa shape index (κ1) is 17.5. The number of nitrogens with zero attached hydrogens (tertiary/aromatic N) is 4. The first-order chi connectivity index (χ1) is 12.5. The van der Waals surface area contributed by atoms with Crippen molar-refractivity contribution in [3.8, 4) is 0 Å². The predicted molar refractivity (Wildman–Crippen MR) is 105 cm³/mol. The van der Waals surface area contributed by atoms with E-state index >= 15 is 0 Å². The van der Waals surface area contributed by atoms with Gasteiger partial charge in [-0.25, -0.2) is 9.97 Å². The highest BCUT2D eigenvalue weighted by Gasteiger charge is 2.46. The van der Waals surface area contributed by atoms with Crippen LogP contribution in [0.1, 0.15) is 29.4 Å². The van der Waals surface area contributed by atoms with Crippen molar-refractivity contribution in [3.05, 3.63) is 51.9 Å². The molecule has 2 aromatic rings. The summed E-state index contributed by atoms with van der Waals surface area (Å²) in [4.78, 5) is 26.0. The lowest BCUT2D eigenvalue weighted by Gasteiger charge is -2.35. The summed E-state index contributed by atoms with van der Waals surface area (Å²) in [6.45, 7) is 7.11. The summed E-state index contributed by atoms with van der Waals surface area (Å²) in [6.07, 6.45) is 0.977. The quantitative estimate of drug-likeness (QED) is 0.772. The predicted octanol–water partition coefficient (Wildman–Crippen LogP) is 3.31. The molecule has 5 nitrogen and oxygen atoms in total. The standard InChI is InChI=1S/C20H23BrN4O/c1-13-11-19(23-14(2)22-13)24-7-9-25(10-8-24)20(26)18-12-17(18)15-3-5-16(21)6-4-15/h3-6,11,17-18H,7-10,12H2,1-2H3. The van der Waals surface area contributed by atoms with E-state index in [1.807, 2.05) is 24.8 Å². The van der Waals surface area contributed by atoms with E-state index in [9.17, 15) is 4.79 Å². The molecule has 1 amide bonds. The molecule has 4 rings (SSSR count). The van der Waals surface area contributed by atoms with Gasteiger partial charge in [-0.3, -0.25) is 4.79 Å². The Morgan fingerprint density at radius 1 is 1.08 bits per heavy atom. The lowest BCUT2D eigenvalue weighted by atomic mass is 10.1. The summed E-state index contributed by atoms with van der Waals surface area (Å²) < 4.78 is 1.08. The molecule has 2 aliphatic rings. The smallest absolute Gasteiger partial charge is 0.226 e. The summed E-state index contributed by atoms with van der Waals surface area (Å²) in [5.41, 5.74) is 2.26. The Kier molecular flexibility index (Phi) is 4.69. The second-order valence-electron chi connectivity index (χ2n) is 7.23.